The van der Waals surface area contributed by atoms with Crippen molar-refractivity contribution < 1.29 is 19.4 Å². The lowest BCUT2D eigenvalue weighted by Gasteiger charge is -2.04. The van der Waals surface area contributed by atoms with Gasteiger partial charge in [0.25, 0.3) is 0 Å². The number of Topliss-reactive ketones (excluding diaryl/α,β-unsaturated/α-hetero) is 1. The highest BCUT2D eigenvalue weighted by Crippen LogP contribution is 2.41. The Morgan fingerprint density at radius 2 is 2.07 bits per heavy atom. The maximum atomic E-state index is 12.7. The van der Waals surface area contributed by atoms with Gasteiger partial charge in [-0.1, -0.05) is 30.8 Å². The van der Waals surface area contributed by atoms with Crippen LogP contribution in [0, 0.1) is 5.41 Å². The largest absolute Gasteiger partial charge is 0.493 e. The van der Waals surface area contributed by atoms with Crippen LogP contribution in [0.3, 0.4) is 0 Å². The summed E-state index contributed by atoms with van der Waals surface area (Å²) >= 11 is 2.52. The number of hydrogen-bond acceptors (Lipinski definition) is 8. The Morgan fingerprint density at radius 1 is 1.33 bits per heavy atom. The number of carbonyl (C=O) groups is 2. The maximum Gasteiger partial charge on any atom is 0.306 e. The molecule has 0 amide bonds. The van der Waals surface area contributed by atoms with E-state index in [4.69, 9.17) is 15.3 Å². The van der Waals surface area contributed by atoms with Gasteiger partial charge in [0.2, 0.25) is 0 Å². The fraction of sp³-hybridized carbons (Fsp3) is 0.278. The lowest BCUT2D eigenvalue weighted by molar-refractivity contribution is -0.137. The SMILES string of the molecule is CCc1nnc([C@@H]2C(=N)S/C(=C\c3ccc(OCCC(=O)O)cc3)C2=O)s1. The molecule has 2 heterocycles. The molecule has 2 N–H and O–H groups in total. The minimum atomic E-state index is -0.911. The molecule has 1 saturated heterocycles. The van der Waals surface area contributed by atoms with Crippen LogP contribution in [0.1, 0.15) is 34.8 Å². The minimum Gasteiger partial charge on any atom is -0.493 e. The van der Waals surface area contributed by atoms with Gasteiger partial charge in [-0.2, -0.15) is 0 Å². The van der Waals surface area contributed by atoms with Crippen molar-refractivity contribution >= 4 is 46.0 Å². The second-order valence-electron chi connectivity index (χ2n) is 5.72. The van der Waals surface area contributed by atoms with Gasteiger partial charge in [0.1, 0.15) is 21.7 Å². The average molecular weight is 403 g/mol. The minimum absolute atomic E-state index is 0.0637. The van der Waals surface area contributed by atoms with Crippen LogP contribution in [0.5, 0.6) is 5.75 Å². The van der Waals surface area contributed by atoms with Crippen LogP contribution in [-0.2, 0) is 16.0 Å². The van der Waals surface area contributed by atoms with Crippen LogP contribution in [0.15, 0.2) is 29.2 Å². The summed E-state index contributed by atoms with van der Waals surface area (Å²) in [5.41, 5.74) is 0.802. The third-order valence-electron chi connectivity index (χ3n) is 3.78. The standard InChI is InChI=1S/C18H17N3O4S2/c1-2-13-20-21-18(27-13)15-16(24)12(26-17(15)19)9-10-3-5-11(6-4-10)25-8-7-14(22)23/h3-6,9,15,19H,2,7-8H2,1H3,(H,22,23)/b12-9-,19-17?/t15-/m0/s1. The first kappa shape index (κ1) is 19.2. The van der Waals surface area contributed by atoms with Gasteiger partial charge in [-0.15, -0.1) is 21.5 Å². The number of ether oxygens (including phenoxy) is 1. The number of carboxylic acid groups (broad SMARTS) is 1. The number of aliphatic carboxylic acids is 1. The molecule has 1 fully saturated rings. The summed E-state index contributed by atoms with van der Waals surface area (Å²) < 4.78 is 5.35. The first-order chi connectivity index (χ1) is 13.0. The average Bonchev–Trinajstić information content (AvgIpc) is 3.20. The second-order valence-corrected chi connectivity index (χ2v) is 7.90. The smallest absolute Gasteiger partial charge is 0.306 e. The molecule has 7 nitrogen and oxygen atoms in total. The highest BCUT2D eigenvalue weighted by molar-refractivity contribution is 8.19. The third-order valence-corrected chi connectivity index (χ3v) is 5.91. The lowest BCUT2D eigenvalue weighted by atomic mass is 10.1. The molecule has 1 aromatic heterocycles. The van der Waals surface area contributed by atoms with E-state index in [1.165, 1.54) is 11.3 Å². The van der Waals surface area contributed by atoms with Crippen molar-refractivity contribution in [3.63, 3.8) is 0 Å². The van der Waals surface area contributed by atoms with Gasteiger partial charge in [-0.05, 0) is 30.2 Å². The van der Waals surface area contributed by atoms with E-state index in [1.807, 2.05) is 6.92 Å². The van der Waals surface area contributed by atoms with E-state index >= 15 is 0 Å². The summed E-state index contributed by atoms with van der Waals surface area (Å²) in [5.74, 6) is -1.13. The van der Waals surface area contributed by atoms with E-state index in [9.17, 15) is 9.59 Å². The van der Waals surface area contributed by atoms with E-state index in [0.29, 0.717) is 15.7 Å². The van der Waals surface area contributed by atoms with Crippen LogP contribution in [0.4, 0.5) is 0 Å². The van der Waals surface area contributed by atoms with E-state index in [1.54, 1.807) is 30.3 Å². The fourth-order valence-corrected chi connectivity index (χ4v) is 4.36. The van der Waals surface area contributed by atoms with Crippen LogP contribution in [-0.4, -0.2) is 38.7 Å². The molecule has 0 radical (unpaired) electrons. The van der Waals surface area contributed by atoms with Crippen molar-refractivity contribution in [1.82, 2.24) is 10.2 Å². The number of hydrogen-bond donors (Lipinski definition) is 2. The Hall–Kier alpha value is -2.52. The molecule has 1 aliphatic heterocycles. The number of nitrogens with one attached hydrogen (secondary N) is 1. The van der Waals surface area contributed by atoms with Crippen LogP contribution < -0.4 is 4.74 Å². The highest BCUT2D eigenvalue weighted by Gasteiger charge is 2.39. The van der Waals surface area contributed by atoms with Crippen LogP contribution >= 0.6 is 23.1 Å². The maximum absolute atomic E-state index is 12.7. The van der Waals surface area contributed by atoms with Gasteiger partial charge in [0.15, 0.2) is 5.78 Å². The number of thioether (sulfide) groups is 1. The quantitative estimate of drug-likeness (QED) is 0.681. The summed E-state index contributed by atoms with van der Waals surface area (Å²) in [6.45, 7) is 2.08. The van der Waals surface area contributed by atoms with Gasteiger partial charge in [-0.25, -0.2) is 0 Å². The zero-order valence-electron chi connectivity index (χ0n) is 14.5. The van der Waals surface area contributed by atoms with Crippen molar-refractivity contribution in [2.24, 2.45) is 0 Å². The van der Waals surface area contributed by atoms with Gasteiger partial charge < -0.3 is 9.84 Å². The molecule has 27 heavy (non-hydrogen) atoms. The monoisotopic (exact) mass is 403 g/mol. The predicted octanol–water partition coefficient (Wildman–Crippen LogP) is 3.37. The molecule has 2 aromatic rings. The molecule has 3 rings (SSSR count). The normalized spacial score (nSPS) is 18.3. The van der Waals surface area contributed by atoms with Crippen LogP contribution in [0.2, 0.25) is 0 Å². The molecule has 0 aliphatic carbocycles. The molecular weight excluding hydrogens is 386 g/mol. The highest BCUT2D eigenvalue weighted by atomic mass is 32.2. The molecule has 140 valence electrons. The van der Waals surface area contributed by atoms with Gasteiger partial charge in [-0.3, -0.25) is 15.0 Å². The molecule has 9 heteroatoms. The number of nitrogens with zero attached hydrogens (tertiary/aromatic N) is 2. The Kier molecular flexibility index (Phi) is 6.02. The molecule has 0 bridgehead atoms. The van der Waals surface area contributed by atoms with E-state index in [-0.39, 0.29) is 23.9 Å². The van der Waals surface area contributed by atoms with Gasteiger partial charge in [0.05, 0.1) is 23.0 Å². The number of carboxylic acids is 1. The molecule has 0 spiro atoms. The molecular formula is C18H17N3O4S2. The number of ketones is 1. The Bertz CT molecular complexity index is 906. The number of rotatable bonds is 7. The number of aryl methyl sites for hydroxylation is 1. The fourth-order valence-electron chi connectivity index (χ4n) is 2.41. The number of aromatic nitrogens is 2. The Balaban J connectivity index is 1.70. The number of benzene rings is 1. The van der Waals surface area contributed by atoms with Crippen molar-refractivity contribution in [2.45, 2.75) is 25.7 Å². The number of allylic oxidation sites excluding steroid dienone is 1. The van der Waals surface area contributed by atoms with Crippen molar-refractivity contribution in [3.05, 3.63) is 44.7 Å². The summed E-state index contributed by atoms with van der Waals surface area (Å²) in [7, 11) is 0. The Labute approximate surface area is 164 Å². The summed E-state index contributed by atoms with van der Waals surface area (Å²) in [6, 6.07) is 7.01. The first-order valence-corrected chi connectivity index (χ1v) is 9.90. The predicted molar refractivity (Wildman–Crippen MR) is 105 cm³/mol. The topological polar surface area (TPSA) is 113 Å². The van der Waals surface area contributed by atoms with E-state index in [0.717, 1.165) is 28.8 Å². The lowest BCUT2D eigenvalue weighted by Crippen LogP contribution is -2.11. The molecule has 0 unspecified atom stereocenters. The van der Waals surface area contributed by atoms with Gasteiger partial charge in [0, 0.05) is 0 Å². The molecule has 0 saturated carbocycles. The first-order valence-electron chi connectivity index (χ1n) is 8.27. The second kappa shape index (κ2) is 8.45. The Morgan fingerprint density at radius 3 is 2.70 bits per heavy atom. The van der Waals surface area contributed by atoms with Crippen LogP contribution in [0.25, 0.3) is 6.08 Å². The molecule has 1 atom stereocenters. The molecule has 1 aromatic carbocycles. The summed E-state index contributed by atoms with van der Waals surface area (Å²) in [6.07, 6.45) is 2.43. The summed E-state index contributed by atoms with van der Waals surface area (Å²) in [5, 5.41) is 26.6. The molecule has 1 aliphatic rings. The summed E-state index contributed by atoms with van der Waals surface area (Å²) in [4.78, 5) is 23.7. The number of carbonyl (C=O) groups excluding carboxylic acids is 1. The van der Waals surface area contributed by atoms with Crippen molar-refractivity contribution in [2.75, 3.05) is 6.61 Å². The zero-order valence-corrected chi connectivity index (χ0v) is 16.1. The van der Waals surface area contributed by atoms with E-state index in [2.05, 4.69) is 10.2 Å². The van der Waals surface area contributed by atoms with Crippen molar-refractivity contribution in [1.29, 1.82) is 5.41 Å². The van der Waals surface area contributed by atoms with Gasteiger partial charge >= 0.3 is 5.97 Å². The van der Waals surface area contributed by atoms with E-state index < -0.39 is 11.9 Å². The zero-order chi connectivity index (χ0) is 19.4. The third kappa shape index (κ3) is 4.61. The van der Waals surface area contributed by atoms with Crippen molar-refractivity contribution in [3.8, 4) is 5.75 Å².